The highest BCUT2D eigenvalue weighted by atomic mass is 16.5. The zero-order valence-corrected chi connectivity index (χ0v) is 35.8. The molecular formula is C45H74N2O13. The lowest BCUT2D eigenvalue weighted by molar-refractivity contribution is -0.139. The Morgan fingerprint density at radius 2 is 1.15 bits per heavy atom. The Morgan fingerprint density at radius 3 is 1.63 bits per heavy atom. The lowest BCUT2D eigenvalue weighted by Gasteiger charge is -2.24. The number of benzene rings is 1. The molecule has 1 heterocycles. The first-order valence-electron chi connectivity index (χ1n) is 21.6. The van der Waals surface area contributed by atoms with E-state index in [4.69, 9.17) is 4.74 Å². The Labute approximate surface area is 355 Å². The number of unbranched alkanes of at least 4 members (excludes halogenated alkanes) is 4. The normalized spacial score (nSPS) is 19.7. The molecule has 0 unspecified atom stereocenters. The van der Waals surface area contributed by atoms with Gasteiger partial charge in [-0.2, -0.15) is 0 Å². The van der Waals surface area contributed by atoms with E-state index in [0.29, 0.717) is 30.9 Å². The molecule has 342 valence electrons. The molecule has 15 nitrogen and oxygen atoms in total. The van der Waals surface area contributed by atoms with Crippen LogP contribution in [0.25, 0.3) is 0 Å². The van der Waals surface area contributed by atoms with E-state index < -0.39 is 61.0 Å². The summed E-state index contributed by atoms with van der Waals surface area (Å²) in [5.41, 5.74) is 1.92. The van der Waals surface area contributed by atoms with Crippen molar-refractivity contribution < 1.29 is 65.1 Å². The Morgan fingerprint density at radius 1 is 0.700 bits per heavy atom. The van der Waals surface area contributed by atoms with Crippen molar-refractivity contribution in [2.24, 2.45) is 5.92 Å². The fraction of sp³-hybridized carbons (Fsp3) is 0.711. The summed E-state index contributed by atoms with van der Waals surface area (Å²) in [5.74, 6) is 0.128. The molecule has 1 aromatic rings. The van der Waals surface area contributed by atoms with Gasteiger partial charge in [0.25, 0.3) is 11.8 Å². The monoisotopic (exact) mass is 851 g/mol. The number of amides is 3. The second-order valence-corrected chi connectivity index (χ2v) is 16.9. The van der Waals surface area contributed by atoms with Crippen LogP contribution in [-0.2, 0) is 25.5 Å². The molecule has 0 fully saturated rings. The van der Waals surface area contributed by atoms with Gasteiger partial charge in [0.1, 0.15) is 11.8 Å². The standard InChI is InChI=1S/C45H74N2O13/c1-30(16-31(2)17-44(58)47-42(43(60-3)27-45(47)59)18-32-13-9-7-10-14-32)12-8-5-4-6-11-15-33(49)19-34(50)20-35(51)21-36(52)22-37(53)23-38(54)24-39(55)25-40(56)26-41(57)28-46-29-48/h7,9-10,13-14,17,27,29-30,33-42,49-57H,4-6,8,11-12,15-16,18-26,28H2,1-3H3,(H,46,48)/b31-17-/t30-,33+,34-,35-,36-,37-,38-,39-,40-,41+,42+/m1/s1. The van der Waals surface area contributed by atoms with Crippen LogP contribution in [-0.4, -0.2) is 144 Å². The van der Waals surface area contributed by atoms with Crippen LogP contribution in [0, 0.1) is 5.92 Å². The molecule has 1 aliphatic heterocycles. The maximum absolute atomic E-state index is 13.3. The highest BCUT2D eigenvalue weighted by molar-refractivity contribution is 6.08. The number of rotatable bonds is 33. The van der Waals surface area contributed by atoms with Gasteiger partial charge in [-0.15, -0.1) is 0 Å². The summed E-state index contributed by atoms with van der Waals surface area (Å²) in [6.45, 7) is 4.03. The lowest BCUT2D eigenvalue weighted by Crippen LogP contribution is -2.41. The highest BCUT2D eigenvalue weighted by Crippen LogP contribution is 2.26. The molecule has 11 atom stereocenters. The summed E-state index contributed by atoms with van der Waals surface area (Å²) in [4.78, 5) is 37.6. The van der Waals surface area contributed by atoms with Crippen LogP contribution in [0.5, 0.6) is 0 Å². The first kappa shape index (κ1) is 52.9. The van der Waals surface area contributed by atoms with E-state index in [0.717, 1.165) is 56.1 Å². The molecule has 0 aliphatic carbocycles. The molecular weight excluding hydrogens is 776 g/mol. The van der Waals surface area contributed by atoms with Gasteiger partial charge in [0, 0.05) is 31.5 Å². The van der Waals surface area contributed by atoms with Crippen LogP contribution in [0.3, 0.4) is 0 Å². The molecule has 15 heteroatoms. The van der Waals surface area contributed by atoms with Gasteiger partial charge in [0.15, 0.2) is 0 Å². The Bertz CT molecular complexity index is 1430. The third kappa shape index (κ3) is 22.0. The van der Waals surface area contributed by atoms with Gasteiger partial charge in [-0.3, -0.25) is 19.3 Å². The number of hydrogen-bond acceptors (Lipinski definition) is 13. The van der Waals surface area contributed by atoms with Crippen molar-refractivity contribution in [2.75, 3.05) is 13.7 Å². The Kier molecular flexibility index (Phi) is 25.7. The molecule has 0 spiro atoms. The SMILES string of the molecule is COC1=CC(=O)N(C(=O)/C=C(/C)C[C@H](C)CCCCCCC[C@H](O)C[C@@H](O)C[C@@H](O)C[C@@H](O)C[C@@H](O)C[C@@H](O)C[C@@H](O)C[C@@H](O)C[C@H](O)CNC=O)[C@H]1Cc1ccccc1. The highest BCUT2D eigenvalue weighted by Gasteiger charge is 2.37. The summed E-state index contributed by atoms with van der Waals surface area (Å²) in [7, 11) is 1.51. The number of ether oxygens (including phenoxy) is 1. The third-order valence-corrected chi connectivity index (χ3v) is 11.0. The first-order chi connectivity index (χ1) is 28.5. The van der Waals surface area contributed by atoms with Gasteiger partial charge in [-0.05, 0) is 76.2 Å². The van der Waals surface area contributed by atoms with Gasteiger partial charge < -0.3 is 56.0 Å². The van der Waals surface area contributed by atoms with Crippen molar-refractivity contribution >= 4 is 18.2 Å². The van der Waals surface area contributed by atoms with E-state index in [9.17, 15) is 60.3 Å². The van der Waals surface area contributed by atoms with Gasteiger partial charge >= 0.3 is 0 Å². The van der Waals surface area contributed by atoms with Crippen LogP contribution < -0.4 is 5.32 Å². The van der Waals surface area contributed by atoms with Crippen LogP contribution in [0.15, 0.2) is 53.8 Å². The van der Waals surface area contributed by atoms with Crippen molar-refractivity contribution in [3.63, 3.8) is 0 Å². The number of allylic oxidation sites excluding steroid dienone is 1. The number of imide groups is 1. The maximum atomic E-state index is 13.3. The van der Waals surface area contributed by atoms with E-state index in [1.165, 1.54) is 18.1 Å². The van der Waals surface area contributed by atoms with Crippen molar-refractivity contribution in [1.82, 2.24) is 10.2 Å². The molecule has 60 heavy (non-hydrogen) atoms. The zero-order chi connectivity index (χ0) is 44.6. The topological polar surface area (TPSA) is 258 Å². The predicted molar refractivity (Wildman–Crippen MR) is 226 cm³/mol. The van der Waals surface area contributed by atoms with E-state index in [1.807, 2.05) is 37.3 Å². The fourth-order valence-corrected chi connectivity index (χ4v) is 8.02. The van der Waals surface area contributed by atoms with Crippen molar-refractivity contribution in [3.05, 3.63) is 59.4 Å². The molecule has 1 aromatic carbocycles. The lowest BCUT2D eigenvalue weighted by atomic mass is 9.94. The van der Waals surface area contributed by atoms with Crippen molar-refractivity contribution in [3.8, 4) is 0 Å². The smallest absolute Gasteiger partial charge is 0.257 e. The minimum Gasteiger partial charge on any atom is -0.499 e. The average Bonchev–Trinajstić information content (AvgIpc) is 3.47. The van der Waals surface area contributed by atoms with Crippen LogP contribution in [0.4, 0.5) is 0 Å². The van der Waals surface area contributed by atoms with Gasteiger partial charge in [0.05, 0.1) is 62.0 Å². The predicted octanol–water partition coefficient (Wildman–Crippen LogP) is 2.31. The molecule has 2 rings (SSSR count). The molecule has 0 bridgehead atoms. The Balaban J connectivity index is 1.57. The van der Waals surface area contributed by atoms with Crippen LogP contribution in [0.2, 0.25) is 0 Å². The number of aliphatic hydroxyl groups excluding tert-OH is 9. The fourth-order valence-electron chi connectivity index (χ4n) is 8.02. The van der Waals surface area contributed by atoms with E-state index >= 15 is 0 Å². The summed E-state index contributed by atoms with van der Waals surface area (Å²) in [5, 5.41) is 94.4. The molecule has 0 radical (unpaired) electrons. The molecule has 1 aliphatic rings. The third-order valence-electron chi connectivity index (χ3n) is 11.0. The summed E-state index contributed by atoms with van der Waals surface area (Å²) in [6.07, 6.45) is 0.810. The van der Waals surface area contributed by atoms with Crippen molar-refractivity contribution in [2.45, 2.75) is 184 Å². The molecule has 3 amide bonds. The number of carbonyl (C=O) groups is 3. The van der Waals surface area contributed by atoms with Gasteiger partial charge in [-0.1, -0.05) is 81.4 Å². The summed E-state index contributed by atoms with van der Waals surface area (Å²) in [6, 6.07) is 9.21. The number of aliphatic hydroxyl groups is 9. The molecule has 0 aromatic heterocycles. The quantitative estimate of drug-likeness (QED) is 0.0277. The minimum absolute atomic E-state index is 0.0426. The molecule has 0 saturated carbocycles. The average molecular weight is 851 g/mol. The van der Waals surface area contributed by atoms with Gasteiger partial charge in [-0.25, -0.2) is 0 Å². The minimum atomic E-state index is -1.13. The van der Waals surface area contributed by atoms with Crippen molar-refractivity contribution in [1.29, 1.82) is 0 Å². The summed E-state index contributed by atoms with van der Waals surface area (Å²) >= 11 is 0. The first-order valence-corrected chi connectivity index (χ1v) is 21.6. The second-order valence-electron chi connectivity index (χ2n) is 16.9. The van der Waals surface area contributed by atoms with Crippen LogP contribution >= 0.6 is 0 Å². The molecule has 10 N–H and O–H groups in total. The number of hydrogen-bond donors (Lipinski definition) is 10. The van der Waals surface area contributed by atoms with E-state index in [2.05, 4.69) is 12.2 Å². The summed E-state index contributed by atoms with van der Waals surface area (Å²) < 4.78 is 5.44. The van der Waals surface area contributed by atoms with Gasteiger partial charge in [0.2, 0.25) is 6.41 Å². The number of carbonyl (C=O) groups excluding carboxylic acids is 3. The largest absolute Gasteiger partial charge is 0.499 e. The number of methoxy groups -OCH3 is 1. The molecule has 0 saturated heterocycles. The number of nitrogens with one attached hydrogen (secondary N) is 1. The number of nitrogens with zero attached hydrogens (tertiary/aromatic N) is 1. The van der Waals surface area contributed by atoms with E-state index in [1.54, 1.807) is 6.08 Å². The van der Waals surface area contributed by atoms with Crippen LogP contribution in [0.1, 0.15) is 122 Å². The zero-order valence-electron chi connectivity index (χ0n) is 35.8. The Hall–Kier alpha value is -3.25. The maximum Gasteiger partial charge on any atom is 0.257 e. The second kappa shape index (κ2) is 29.1. The van der Waals surface area contributed by atoms with E-state index in [-0.39, 0.29) is 69.7 Å².